The lowest BCUT2D eigenvalue weighted by atomic mass is 10.0. The van der Waals surface area contributed by atoms with Gasteiger partial charge in [0.25, 0.3) is 0 Å². The molecule has 0 saturated carbocycles. The first kappa shape index (κ1) is 23.4. The first-order valence-electron chi connectivity index (χ1n) is 8.72. The van der Waals surface area contributed by atoms with Crippen LogP contribution in [0.2, 0.25) is 0 Å². The highest BCUT2D eigenvalue weighted by molar-refractivity contribution is 14.0. The summed E-state index contributed by atoms with van der Waals surface area (Å²) in [4.78, 5) is 18.6. The minimum atomic E-state index is -0.214. The van der Waals surface area contributed by atoms with E-state index in [9.17, 15) is 4.79 Å². The maximum atomic E-state index is 11.9. The van der Waals surface area contributed by atoms with Crippen LogP contribution >= 0.6 is 24.0 Å². The predicted molar refractivity (Wildman–Crippen MR) is 112 cm³/mol. The van der Waals surface area contributed by atoms with Crippen molar-refractivity contribution in [2.24, 2.45) is 10.9 Å². The molecule has 1 atom stereocenters. The minimum Gasteiger partial charge on any atom is -0.355 e. The third-order valence-corrected chi connectivity index (χ3v) is 4.01. The third kappa shape index (κ3) is 9.05. The SMILES string of the molecule is CN=C(NCC(=O)NC(C)(C)C)NCC(C(C)C)N1CCCC1.I. The summed E-state index contributed by atoms with van der Waals surface area (Å²) < 4.78 is 0. The molecule has 0 aromatic carbocycles. The quantitative estimate of drug-likeness (QED) is 0.326. The molecule has 0 aromatic rings. The van der Waals surface area contributed by atoms with Gasteiger partial charge < -0.3 is 16.0 Å². The molecule has 1 rings (SSSR count). The lowest BCUT2D eigenvalue weighted by molar-refractivity contribution is -0.121. The average molecular weight is 453 g/mol. The van der Waals surface area contributed by atoms with E-state index in [1.807, 2.05) is 20.8 Å². The second-order valence-corrected chi connectivity index (χ2v) is 7.66. The summed E-state index contributed by atoms with van der Waals surface area (Å²) in [5, 5.41) is 9.38. The standard InChI is InChI=1S/C17H35N5O.HI/c1-13(2)14(22-9-7-8-10-22)11-19-16(18-6)20-12-15(23)21-17(3,4)5;/h13-14H,7-12H2,1-6H3,(H,21,23)(H2,18,19,20);1H. The van der Waals surface area contributed by atoms with E-state index in [2.05, 4.69) is 39.7 Å². The molecule has 1 aliphatic rings. The highest BCUT2D eigenvalue weighted by atomic mass is 127. The Labute approximate surface area is 164 Å². The molecule has 1 fully saturated rings. The summed E-state index contributed by atoms with van der Waals surface area (Å²) in [6, 6.07) is 0.499. The zero-order valence-corrected chi connectivity index (χ0v) is 18.4. The number of hydrogen-bond donors (Lipinski definition) is 3. The Kier molecular flexibility index (Phi) is 10.9. The number of likely N-dealkylation sites (tertiary alicyclic amines) is 1. The van der Waals surface area contributed by atoms with E-state index in [4.69, 9.17) is 0 Å². The van der Waals surface area contributed by atoms with Crippen LogP contribution < -0.4 is 16.0 Å². The van der Waals surface area contributed by atoms with Crippen LogP contribution in [-0.4, -0.2) is 61.6 Å². The van der Waals surface area contributed by atoms with E-state index in [0.29, 0.717) is 17.9 Å². The molecule has 3 N–H and O–H groups in total. The Morgan fingerprint density at radius 3 is 2.21 bits per heavy atom. The summed E-state index contributed by atoms with van der Waals surface area (Å²) in [6.45, 7) is 13.9. The number of rotatable bonds is 6. The molecular weight excluding hydrogens is 417 g/mol. The van der Waals surface area contributed by atoms with Crippen LogP contribution in [-0.2, 0) is 4.79 Å². The van der Waals surface area contributed by atoms with Gasteiger partial charge in [-0.1, -0.05) is 13.8 Å². The van der Waals surface area contributed by atoms with Crippen LogP contribution in [0.4, 0.5) is 0 Å². The van der Waals surface area contributed by atoms with Gasteiger partial charge >= 0.3 is 0 Å². The van der Waals surface area contributed by atoms with Crippen LogP contribution in [0, 0.1) is 5.92 Å². The zero-order valence-electron chi connectivity index (χ0n) is 16.1. The lowest BCUT2D eigenvalue weighted by Gasteiger charge is -2.31. The van der Waals surface area contributed by atoms with Crippen LogP contribution in [0.3, 0.4) is 0 Å². The molecule has 7 heteroatoms. The van der Waals surface area contributed by atoms with Crippen molar-refractivity contribution in [2.45, 2.75) is 59.0 Å². The fourth-order valence-corrected chi connectivity index (χ4v) is 2.91. The van der Waals surface area contributed by atoms with E-state index in [1.54, 1.807) is 7.05 Å². The highest BCUT2D eigenvalue weighted by Crippen LogP contribution is 2.16. The summed E-state index contributed by atoms with van der Waals surface area (Å²) in [5.74, 6) is 1.24. The number of hydrogen-bond acceptors (Lipinski definition) is 3. The molecule has 6 nitrogen and oxygen atoms in total. The van der Waals surface area contributed by atoms with Crippen molar-refractivity contribution in [2.75, 3.05) is 33.2 Å². The summed E-state index contributed by atoms with van der Waals surface area (Å²) in [5.41, 5.74) is -0.214. The van der Waals surface area contributed by atoms with Gasteiger partial charge in [-0.3, -0.25) is 14.7 Å². The van der Waals surface area contributed by atoms with Gasteiger partial charge in [-0.25, -0.2) is 0 Å². The largest absolute Gasteiger partial charge is 0.355 e. The monoisotopic (exact) mass is 453 g/mol. The summed E-state index contributed by atoms with van der Waals surface area (Å²) >= 11 is 0. The number of aliphatic imine (C=N–C) groups is 1. The zero-order chi connectivity index (χ0) is 17.5. The van der Waals surface area contributed by atoms with Gasteiger partial charge in [0.15, 0.2) is 5.96 Å². The molecule has 1 unspecified atom stereocenters. The Bertz CT molecular complexity index is 400. The van der Waals surface area contributed by atoms with Gasteiger partial charge in [-0.2, -0.15) is 0 Å². The molecule has 1 amide bonds. The van der Waals surface area contributed by atoms with Gasteiger partial charge in [0.05, 0.1) is 6.54 Å². The molecule has 0 radical (unpaired) electrons. The van der Waals surface area contributed by atoms with Gasteiger partial charge in [-0.05, 0) is 52.6 Å². The van der Waals surface area contributed by atoms with Gasteiger partial charge in [0.1, 0.15) is 0 Å². The number of guanidine groups is 1. The fraction of sp³-hybridized carbons (Fsp3) is 0.882. The van der Waals surface area contributed by atoms with Crippen molar-refractivity contribution in [3.8, 4) is 0 Å². The normalized spacial score (nSPS) is 17.4. The molecular formula is C17H36IN5O. The number of nitrogens with one attached hydrogen (secondary N) is 3. The van der Waals surface area contributed by atoms with Crippen molar-refractivity contribution in [1.82, 2.24) is 20.9 Å². The number of amides is 1. The van der Waals surface area contributed by atoms with Crippen LogP contribution in [0.25, 0.3) is 0 Å². The number of nitrogens with zero attached hydrogens (tertiary/aromatic N) is 2. The number of carbonyl (C=O) groups excluding carboxylic acids is 1. The van der Waals surface area contributed by atoms with Crippen molar-refractivity contribution in [1.29, 1.82) is 0 Å². The topological polar surface area (TPSA) is 68.8 Å². The molecule has 142 valence electrons. The van der Waals surface area contributed by atoms with Crippen molar-refractivity contribution in [3.63, 3.8) is 0 Å². The number of halogens is 1. The van der Waals surface area contributed by atoms with E-state index < -0.39 is 0 Å². The predicted octanol–water partition coefficient (Wildman–Crippen LogP) is 1.80. The molecule has 24 heavy (non-hydrogen) atoms. The van der Waals surface area contributed by atoms with Gasteiger partial charge in [-0.15, -0.1) is 24.0 Å². The molecule has 0 aromatic heterocycles. The smallest absolute Gasteiger partial charge is 0.239 e. The van der Waals surface area contributed by atoms with Crippen LogP contribution in [0.5, 0.6) is 0 Å². The van der Waals surface area contributed by atoms with E-state index >= 15 is 0 Å². The first-order chi connectivity index (χ1) is 10.7. The summed E-state index contributed by atoms with van der Waals surface area (Å²) in [6.07, 6.45) is 2.59. The van der Waals surface area contributed by atoms with Crippen molar-refractivity contribution in [3.05, 3.63) is 0 Å². The Balaban J connectivity index is 0.00000529. The maximum Gasteiger partial charge on any atom is 0.239 e. The molecule has 1 heterocycles. The second kappa shape index (κ2) is 11.1. The van der Waals surface area contributed by atoms with Crippen molar-refractivity contribution < 1.29 is 4.79 Å². The average Bonchev–Trinajstić information content (AvgIpc) is 2.94. The lowest BCUT2D eigenvalue weighted by Crippen LogP contribution is -2.51. The number of carbonyl (C=O) groups is 1. The summed E-state index contributed by atoms with van der Waals surface area (Å²) in [7, 11) is 1.73. The molecule has 0 spiro atoms. The van der Waals surface area contributed by atoms with Crippen LogP contribution in [0.15, 0.2) is 4.99 Å². The maximum absolute atomic E-state index is 11.9. The highest BCUT2D eigenvalue weighted by Gasteiger charge is 2.24. The molecule has 1 aliphatic heterocycles. The third-order valence-electron chi connectivity index (χ3n) is 4.01. The van der Waals surface area contributed by atoms with Gasteiger partial charge in [0.2, 0.25) is 5.91 Å². The van der Waals surface area contributed by atoms with Crippen molar-refractivity contribution >= 4 is 35.8 Å². The minimum absolute atomic E-state index is 0. The second-order valence-electron chi connectivity index (χ2n) is 7.66. The molecule has 0 bridgehead atoms. The van der Waals surface area contributed by atoms with Crippen LogP contribution in [0.1, 0.15) is 47.5 Å². The van der Waals surface area contributed by atoms with Gasteiger partial charge in [0, 0.05) is 25.2 Å². The first-order valence-corrected chi connectivity index (χ1v) is 8.72. The van der Waals surface area contributed by atoms with E-state index in [1.165, 1.54) is 25.9 Å². The Morgan fingerprint density at radius 1 is 1.17 bits per heavy atom. The molecule has 0 aliphatic carbocycles. The van der Waals surface area contributed by atoms with E-state index in [-0.39, 0.29) is 42.0 Å². The van der Waals surface area contributed by atoms with E-state index in [0.717, 1.165) is 6.54 Å². The molecule has 1 saturated heterocycles. The Morgan fingerprint density at radius 2 is 1.75 bits per heavy atom. The fourth-order valence-electron chi connectivity index (χ4n) is 2.91. The Hall–Kier alpha value is -0.570.